The Hall–Kier alpha value is -2.35. The summed E-state index contributed by atoms with van der Waals surface area (Å²) in [6.07, 6.45) is -0.771. The molecule has 0 spiro atoms. The molecule has 0 fully saturated rings. The number of rotatable bonds is 4. The lowest BCUT2D eigenvalue weighted by atomic mass is 10.1. The summed E-state index contributed by atoms with van der Waals surface area (Å²) in [6.45, 7) is 3.68. The van der Waals surface area contributed by atoms with Gasteiger partial charge in [0.25, 0.3) is 5.91 Å². The van der Waals surface area contributed by atoms with Crippen LogP contribution in [0.1, 0.15) is 28.0 Å². The third kappa shape index (κ3) is 5.68. The molecule has 1 rings (SSSR count). The molecule has 1 atom stereocenters. The molecule has 1 aromatic rings. The summed E-state index contributed by atoms with van der Waals surface area (Å²) in [4.78, 5) is 33.0. The highest BCUT2D eigenvalue weighted by Crippen LogP contribution is 2.09. The molecule has 1 heterocycles. The number of hydrogen-bond donors (Lipinski definition) is 5. The molecule has 106 valence electrons. The van der Waals surface area contributed by atoms with E-state index in [1.54, 1.807) is 6.20 Å². The number of aliphatic carboxylic acids is 2. The molecule has 0 bridgehead atoms. The van der Waals surface area contributed by atoms with Gasteiger partial charge in [-0.15, -0.1) is 0 Å². The largest absolute Gasteiger partial charge is 0.481 e. The molecule has 8 heteroatoms. The highest BCUT2D eigenvalue weighted by Gasteiger charge is 2.16. The van der Waals surface area contributed by atoms with Crippen LogP contribution in [0.3, 0.4) is 0 Å². The number of carbonyl (C=O) groups is 3. The minimum atomic E-state index is -1.79. The molecular weight excluding hydrogens is 256 g/mol. The summed E-state index contributed by atoms with van der Waals surface area (Å²) >= 11 is 0. The average Bonchev–Trinajstić information content (AvgIpc) is 2.58. The smallest absolute Gasteiger partial charge is 0.333 e. The zero-order chi connectivity index (χ0) is 15.2. The van der Waals surface area contributed by atoms with E-state index in [-0.39, 0.29) is 5.91 Å². The predicted molar refractivity (Wildman–Crippen MR) is 64.7 cm³/mol. The van der Waals surface area contributed by atoms with Gasteiger partial charge in [-0.25, -0.2) is 4.79 Å². The summed E-state index contributed by atoms with van der Waals surface area (Å²) in [5.74, 6) is -3.21. The van der Waals surface area contributed by atoms with Crippen molar-refractivity contribution in [1.82, 2.24) is 4.98 Å². The number of aliphatic hydroxyl groups is 1. The molecule has 19 heavy (non-hydrogen) atoms. The lowest BCUT2D eigenvalue weighted by Gasteiger charge is -1.97. The molecule has 1 unspecified atom stereocenters. The van der Waals surface area contributed by atoms with Gasteiger partial charge in [0.05, 0.1) is 12.0 Å². The van der Waals surface area contributed by atoms with Crippen LogP contribution in [0.4, 0.5) is 0 Å². The van der Waals surface area contributed by atoms with Gasteiger partial charge in [-0.2, -0.15) is 0 Å². The van der Waals surface area contributed by atoms with E-state index in [9.17, 15) is 14.4 Å². The average molecular weight is 272 g/mol. The Morgan fingerprint density at radius 3 is 2.00 bits per heavy atom. The molecule has 0 saturated carbocycles. The molecule has 0 radical (unpaired) electrons. The van der Waals surface area contributed by atoms with Gasteiger partial charge in [0.1, 0.15) is 0 Å². The highest BCUT2D eigenvalue weighted by molar-refractivity contribution is 5.95. The number of aryl methyl sites for hydroxylation is 2. The summed E-state index contributed by atoms with van der Waals surface area (Å²) in [5, 5.41) is 24.1. The van der Waals surface area contributed by atoms with E-state index in [2.05, 4.69) is 4.98 Å². The van der Waals surface area contributed by atoms with E-state index in [4.69, 9.17) is 21.1 Å². The molecule has 0 aliphatic heterocycles. The van der Waals surface area contributed by atoms with E-state index >= 15 is 0 Å². The minimum absolute atomic E-state index is 0.365. The molecule has 0 aromatic carbocycles. The van der Waals surface area contributed by atoms with Crippen LogP contribution in [0.25, 0.3) is 0 Å². The maximum absolute atomic E-state index is 10.7. The second-order valence-corrected chi connectivity index (χ2v) is 3.79. The maximum atomic E-state index is 10.7. The van der Waals surface area contributed by atoms with Gasteiger partial charge in [-0.1, -0.05) is 0 Å². The summed E-state index contributed by atoms with van der Waals surface area (Å²) in [5.41, 5.74) is 7.46. The number of amides is 1. The number of carboxylic acids is 2. The molecule has 0 aliphatic rings. The molecule has 1 aromatic heterocycles. The van der Waals surface area contributed by atoms with Crippen molar-refractivity contribution in [2.75, 3.05) is 0 Å². The quantitative estimate of drug-likeness (QED) is 0.504. The zero-order valence-electron chi connectivity index (χ0n) is 10.5. The van der Waals surface area contributed by atoms with Crippen LogP contribution in [0.15, 0.2) is 6.20 Å². The van der Waals surface area contributed by atoms with Crippen LogP contribution in [-0.4, -0.2) is 44.3 Å². The lowest BCUT2D eigenvalue weighted by molar-refractivity contribution is -0.152. The van der Waals surface area contributed by atoms with Crippen molar-refractivity contribution < 1.29 is 29.7 Å². The fourth-order valence-corrected chi connectivity index (χ4v) is 1.29. The number of hydrogen-bond acceptors (Lipinski definition) is 4. The standard InChI is InChI=1S/C7H10N2O.C4H6O5/c1-4-3-9-5(2)6(4)7(8)10;5-2(4(8)9)1-3(6)7/h3,9H,1-2H3,(H2,8,10);2,5H,1H2,(H,6,7)(H,8,9). The molecule has 1 amide bonds. The monoisotopic (exact) mass is 272 g/mol. The van der Waals surface area contributed by atoms with E-state index < -0.39 is 24.5 Å². The van der Waals surface area contributed by atoms with E-state index in [1.165, 1.54) is 0 Å². The highest BCUT2D eigenvalue weighted by atomic mass is 16.4. The van der Waals surface area contributed by atoms with Crippen LogP contribution in [0.2, 0.25) is 0 Å². The van der Waals surface area contributed by atoms with Crippen molar-refractivity contribution in [2.45, 2.75) is 26.4 Å². The number of carbonyl (C=O) groups excluding carboxylic acids is 1. The number of aromatic amines is 1. The Balaban J connectivity index is 0.000000344. The van der Waals surface area contributed by atoms with Crippen molar-refractivity contribution in [1.29, 1.82) is 0 Å². The SMILES string of the molecule is Cc1c[nH]c(C)c1C(N)=O.O=C(O)CC(O)C(=O)O. The normalized spacial score (nSPS) is 11.1. The molecule has 8 nitrogen and oxygen atoms in total. The first-order valence-corrected chi connectivity index (χ1v) is 5.23. The number of H-pyrrole nitrogens is 1. The summed E-state index contributed by atoms with van der Waals surface area (Å²) < 4.78 is 0. The number of nitrogens with one attached hydrogen (secondary N) is 1. The Morgan fingerprint density at radius 2 is 1.84 bits per heavy atom. The number of aromatic nitrogens is 1. The van der Waals surface area contributed by atoms with E-state index in [1.807, 2.05) is 13.8 Å². The van der Waals surface area contributed by atoms with Gasteiger partial charge in [0.2, 0.25) is 0 Å². The summed E-state index contributed by atoms with van der Waals surface area (Å²) in [6, 6.07) is 0. The Kier molecular flexibility index (Phi) is 6.28. The number of carboxylic acid groups (broad SMARTS) is 2. The van der Waals surface area contributed by atoms with Crippen molar-refractivity contribution in [3.05, 3.63) is 23.0 Å². The van der Waals surface area contributed by atoms with Gasteiger partial charge in [0.15, 0.2) is 6.10 Å². The molecular formula is C11H16N2O6. The second kappa shape index (κ2) is 7.17. The second-order valence-electron chi connectivity index (χ2n) is 3.79. The van der Waals surface area contributed by atoms with Gasteiger partial charge in [0, 0.05) is 11.9 Å². The van der Waals surface area contributed by atoms with Crippen LogP contribution in [-0.2, 0) is 9.59 Å². The first-order chi connectivity index (χ1) is 8.66. The van der Waals surface area contributed by atoms with Gasteiger partial charge < -0.3 is 26.0 Å². The topological polar surface area (TPSA) is 154 Å². The van der Waals surface area contributed by atoms with Crippen molar-refractivity contribution in [2.24, 2.45) is 5.73 Å². The van der Waals surface area contributed by atoms with Gasteiger partial charge >= 0.3 is 11.9 Å². The van der Waals surface area contributed by atoms with Crippen molar-refractivity contribution >= 4 is 17.8 Å². The van der Waals surface area contributed by atoms with Crippen molar-refractivity contribution in [3.63, 3.8) is 0 Å². The third-order valence-electron chi connectivity index (χ3n) is 2.17. The van der Waals surface area contributed by atoms with Crippen LogP contribution in [0, 0.1) is 13.8 Å². The van der Waals surface area contributed by atoms with Gasteiger partial charge in [-0.05, 0) is 19.4 Å². The number of aliphatic hydroxyl groups excluding tert-OH is 1. The van der Waals surface area contributed by atoms with E-state index in [0.29, 0.717) is 5.56 Å². The molecule has 6 N–H and O–H groups in total. The van der Waals surface area contributed by atoms with Crippen molar-refractivity contribution in [3.8, 4) is 0 Å². The Labute approximate surface area is 108 Å². The zero-order valence-corrected chi connectivity index (χ0v) is 10.5. The first kappa shape index (κ1) is 16.6. The number of nitrogens with two attached hydrogens (primary N) is 1. The van der Waals surface area contributed by atoms with Crippen LogP contribution in [0.5, 0.6) is 0 Å². The minimum Gasteiger partial charge on any atom is -0.481 e. The number of primary amides is 1. The first-order valence-electron chi connectivity index (χ1n) is 5.23. The Bertz CT molecular complexity index is 460. The Morgan fingerprint density at radius 1 is 1.32 bits per heavy atom. The van der Waals surface area contributed by atoms with Crippen LogP contribution < -0.4 is 5.73 Å². The summed E-state index contributed by atoms with van der Waals surface area (Å²) in [7, 11) is 0. The fraction of sp³-hybridized carbons (Fsp3) is 0.364. The predicted octanol–water partition coefficient (Wildman–Crippen LogP) is -0.363. The van der Waals surface area contributed by atoms with Gasteiger partial charge in [-0.3, -0.25) is 9.59 Å². The maximum Gasteiger partial charge on any atom is 0.333 e. The molecule has 0 saturated heterocycles. The third-order valence-corrected chi connectivity index (χ3v) is 2.17. The molecule has 0 aliphatic carbocycles. The van der Waals surface area contributed by atoms with E-state index in [0.717, 1.165) is 11.3 Å². The lowest BCUT2D eigenvalue weighted by Crippen LogP contribution is -2.22. The van der Waals surface area contributed by atoms with Crippen LogP contribution >= 0.6 is 0 Å². The fourth-order valence-electron chi connectivity index (χ4n) is 1.29.